The SMILES string of the molecule is CC#C/C=C(C)\C(C)=C/C. The molecule has 0 nitrogen and oxygen atoms in total. The van der Waals surface area contributed by atoms with Crippen molar-refractivity contribution in [2.75, 3.05) is 0 Å². The third-order valence-corrected chi connectivity index (χ3v) is 1.49. The predicted molar refractivity (Wildman–Crippen MR) is 46.6 cm³/mol. The maximum atomic E-state index is 2.91. The predicted octanol–water partition coefficient (Wildman–Crippen LogP) is 2.92. The summed E-state index contributed by atoms with van der Waals surface area (Å²) in [6, 6.07) is 0. The van der Waals surface area contributed by atoms with Crippen molar-refractivity contribution in [2.45, 2.75) is 27.7 Å². The van der Waals surface area contributed by atoms with Gasteiger partial charge in [0.1, 0.15) is 0 Å². The Bertz CT molecular complexity index is 206. The first-order valence-electron chi connectivity index (χ1n) is 3.44. The van der Waals surface area contributed by atoms with Gasteiger partial charge in [-0.2, -0.15) is 0 Å². The van der Waals surface area contributed by atoms with Crippen LogP contribution in [0.2, 0.25) is 0 Å². The molecule has 54 valence electrons. The van der Waals surface area contributed by atoms with E-state index in [1.54, 1.807) is 0 Å². The Hall–Kier alpha value is -0.960. The molecule has 0 aromatic heterocycles. The van der Waals surface area contributed by atoms with Gasteiger partial charge in [0.05, 0.1) is 0 Å². The van der Waals surface area contributed by atoms with E-state index in [-0.39, 0.29) is 0 Å². The smallest absolute Gasteiger partial charge is 0.00235 e. The fourth-order valence-corrected chi connectivity index (χ4v) is 0.522. The summed E-state index contributed by atoms with van der Waals surface area (Å²) < 4.78 is 0. The van der Waals surface area contributed by atoms with Crippen molar-refractivity contribution in [3.8, 4) is 11.8 Å². The lowest BCUT2D eigenvalue weighted by Gasteiger charge is -1.95. The first-order chi connectivity index (χ1) is 4.72. The topological polar surface area (TPSA) is 0 Å². The van der Waals surface area contributed by atoms with Crippen LogP contribution in [-0.2, 0) is 0 Å². The number of hydrogen-bond acceptors (Lipinski definition) is 0. The van der Waals surface area contributed by atoms with Gasteiger partial charge in [-0.25, -0.2) is 0 Å². The van der Waals surface area contributed by atoms with Gasteiger partial charge in [0.2, 0.25) is 0 Å². The molecule has 0 saturated carbocycles. The van der Waals surface area contributed by atoms with Crippen molar-refractivity contribution in [3.63, 3.8) is 0 Å². The summed E-state index contributed by atoms with van der Waals surface area (Å²) in [6.45, 7) is 8.03. The average Bonchev–Trinajstić information content (AvgIpc) is 1.98. The van der Waals surface area contributed by atoms with Gasteiger partial charge in [0, 0.05) is 0 Å². The summed E-state index contributed by atoms with van der Waals surface area (Å²) in [4.78, 5) is 0. The second-order valence-electron chi connectivity index (χ2n) is 2.19. The van der Waals surface area contributed by atoms with E-state index in [1.165, 1.54) is 11.1 Å². The second-order valence-corrected chi connectivity index (χ2v) is 2.19. The monoisotopic (exact) mass is 134 g/mol. The Morgan fingerprint density at radius 2 is 1.80 bits per heavy atom. The normalized spacial score (nSPS) is 12.4. The lowest BCUT2D eigenvalue weighted by molar-refractivity contribution is 1.33. The summed E-state index contributed by atoms with van der Waals surface area (Å²) in [5, 5.41) is 0. The van der Waals surface area contributed by atoms with Gasteiger partial charge in [-0.15, -0.1) is 5.92 Å². The van der Waals surface area contributed by atoms with E-state index in [0.717, 1.165) is 0 Å². The average molecular weight is 134 g/mol. The molecule has 0 radical (unpaired) electrons. The molecule has 0 aliphatic heterocycles. The highest BCUT2D eigenvalue weighted by molar-refractivity contribution is 5.32. The third kappa shape index (κ3) is 3.14. The largest absolute Gasteiger partial charge is 0.102 e. The van der Waals surface area contributed by atoms with Gasteiger partial charge >= 0.3 is 0 Å². The molecule has 0 aliphatic rings. The van der Waals surface area contributed by atoms with Crippen LogP contribution >= 0.6 is 0 Å². The summed E-state index contributed by atoms with van der Waals surface area (Å²) in [7, 11) is 0. The van der Waals surface area contributed by atoms with E-state index in [1.807, 2.05) is 19.9 Å². The molecule has 0 bridgehead atoms. The Labute approximate surface area is 63.6 Å². The molecule has 0 spiro atoms. The number of hydrogen-bond donors (Lipinski definition) is 0. The molecular formula is C10H14. The summed E-state index contributed by atoms with van der Waals surface area (Å²) in [5.41, 5.74) is 2.54. The van der Waals surface area contributed by atoms with Crippen LogP contribution in [0.3, 0.4) is 0 Å². The molecule has 0 aliphatic carbocycles. The zero-order chi connectivity index (χ0) is 7.98. The van der Waals surface area contributed by atoms with Gasteiger partial charge in [0.15, 0.2) is 0 Å². The summed E-state index contributed by atoms with van der Waals surface area (Å²) in [5.74, 6) is 5.73. The van der Waals surface area contributed by atoms with Crippen molar-refractivity contribution >= 4 is 0 Å². The second kappa shape index (κ2) is 4.88. The van der Waals surface area contributed by atoms with Crippen molar-refractivity contribution in [1.29, 1.82) is 0 Å². The molecule has 0 heterocycles. The lowest BCUT2D eigenvalue weighted by Crippen LogP contribution is -1.75. The molecule has 0 fully saturated rings. The van der Waals surface area contributed by atoms with Crippen molar-refractivity contribution in [2.24, 2.45) is 0 Å². The minimum absolute atomic E-state index is 1.25. The zero-order valence-electron chi connectivity index (χ0n) is 7.15. The fraction of sp³-hybridized carbons (Fsp3) is 0.400. The Morgan fingerprint density at radius 3 is 2.20 bits per heavy atom. The van der Waals surface area contributed by atoms with Gasteiger partial charge < -0.3 is 0 Å². The maximum absolute atomic E-state index is 2.91. The van der Waals surface area contributed by atoms with Crippen LogP contribution in [0, 0.1) is 11.8 Å². The highest BCUT2D eigenvalue weighted by Crippen LogP contribution is 2.05. The maximum Gasteiger partial charge on any atom is -0.00235 e. The molecule has 0 amide bonds. The van der Waals surface area contributed by atoms with Gasteiger partial charge in [-0.05, 0) is 39.3 Å². The molecule has 0 rings (SSSR count). The van der Waals surface area contributed by atoms with E-state index < -0.39 is 0 Å². The Balaban J connectivity index is 4.29. The quantitative estimate of drug-likeness (QED) is 0.382. The number of rotatable bonds is 1. The van der Waals surface area contributed by atoms with Gasteiger partial charge in [-0.3, -0.25) is 0 Å². The highest BCUT2D eigenvalue weighted by atomic mass is 13.9. The Morgan fingerprint density at radius 1 is 1.20 bits per heavy atom. The molecule has 0 N–H and O–H groups in total. The highest BCUT2D eigenvalue weighted by Gasteiger charge is 1.86. The van der Waals surface area contributed by atoms with Crippen LogP contribution in [0.4, 0.5) is 0 Å². The van der Waals surface area contributed by atoms with Crippen LogP contribution < -0.4 is 0 Å². The standard InChI is InChI=1S/C10H14/c1-5-7-8-10(4)9(3)6-2/h6,8H,1-4H3/b9-6-,10-8-. The molecule has 0 atom stereocenters. The van der Waals surface area contributed by atoms with Crippen LogP contribution in [0.15, 0.2) is 23.3 Å². The van der Waals surface area contributed by atoms with E-state index in [9.17, 15) is 0 Å². The minimum Gasteiger partial charge on any atom is -0.102 e. The zero-order valence-corrected chi connectivity index (χ0v) is 7.15. The van der Waals surface area contributed by atoms with Crippen LogP contribution in [0.25, 0.3) is 0 Å². The third-order valence-electron chi connectivity index (χ3n) is 1.49. The van der Waals surface area contributed by atoms with Crippen LogP contribution in [0.5, 0.6) is 0 Å². The minimum atomic E-state index is 1.25. The van der Waals surface area contributed by atoms with Crippen molar-refractivity contribution < 1.29 is 0 Å². The first-order valence-corrected chi connectivity index (χ1v) is 3.44. The van der Waals surface area contributed by atoms with Crippen molar-refractivity contribution in [3.05, 3.63) is 23.3 Å². The molecule has 0 aromatic rings. The fourth-order valence-electron chi connectivity index (χ4n) is 0.522. The lowest BCUT2D eigenvalue weighted by atomic mass is 10.1. The molecule has 10 heavy (non-hydrogen) atoms. The van der Waals surface area contributed by atoms with Crippen molar-refractivity contribution in [1.82, 2.24) is 0 Å². The van der Waals surface area contributed by atoms with Crippen LogP contribution in [0.1, 0.15) is 27.7 Å². The molecule has 0 aromatic carbocycles. The molecule has 0 heteroatoms. The number of allylic oxidation sites excluding steroid dienone is 4. The molecular weight excluding hydrogens is 120 g/mol. The van der Waals surface area contributed by atoms with E-state index >= 15 is 0 Å². The summed E-state index contributed by atoms with van der Waals surface area (Å²) >= 11 is 0. The van der Waals surface area contributed by atoms with Gasteiger partial charge in [-0.1, -0.05) is 17.6 Å². The Kier molecular flexibility index (Phi) is 4.41. The van der Waals surface area contributed by atoms with Gasteiger partial charge in [0.25, 0.3) is 0 Å². The molecule has 0 saturated heterocycles. The van der Waals surface area contributed by atoms with E-state index in [4.69, 9.17) is 0 Å². The molecule has 0 unspecified atom stereocenters. The van der Waals surface area contributed by atoms with E-state index in [0.29, 0.717) is 0 Å². The summed E-state index contributed by atoms with van der Waals surface area (Å²) in [6.07, 6.45) is 4.03. The van der Waals surface area contributed by atoms with Crippen LogP contribution in [-0.4, -0.2) is 0 Å². The van der Waals surface area contributed by atoms with E-state index in [2.05, 4.69) is 31.8 Å². The first kappa shape index (κ1) is 9.04.